The van der Waals surface area contributed by atoms with Gasteiger partial charge in [0.05, 0.1) is 22.1 Å². The third-order valence-corrected chi connectivity index (χ3v) is 19.5. The summed E-state index contributed by atoms with van der Waals surface area (Å²) in [7, 11) is 0. The molecule has 2 aliphatic carbocycles. The summed E-state index contributed by atoms with van der Waals surface area (Å²) in [4.78, 5) is 2.77. The van der Waals surface area contributed by atoms with Crippen LogP contribution >= 0.6 is 11.3 Å². The smallest absolute Gasteiger partial charge is 0.343 e. The zero-order valence-corrected chi connectivity index (χ0v) is 45.9. The number of hydrogen-bond acceptors (Lipinski definition) is 3. The van der Waals surface area contributed by atoms with Crippen LogP contribution in [0.15, 0.2) is 114 Å². The Labute approximate surface area is 430 Å². The second kappa shape index (κ2) is 13.8. The second-order valence-electron chi connectivity index (χ2n) is 27.2. The number of aromatic nitrogens is 1. The number of hydrogen-bond donors (Lipinski definition) is 0. The molecule has 0 spiro atoms. The van der Waals surface area contributed by atoms with Gasteiger partial charge in [-0.15, -0.1) is 11.3 Å². The summed E-state index contributed by atoms with van der Waals surface area (Å²) in [5.41, 5.74) is 24.8. The highest BCUT2D eigenvalue weighted by atomic mass is 32.1. The Hall–Kier alpha value is -6.04. The van der Waals surface area contributed by atoms with Gasteiger partial charge in [0.1, 0.15) is 11.2 Å². The molecule has 3 aromatic heterocycles. The highest BCUT2D eigenvalue weighted by molar-refractivity contribution is 7.32. The lowest BCUT2D eigenvalue weighted by Crippen LogP contribution is -2.59. The van der Waals surface area contributed by atoms with Gasteiger partial charge >= 0.3 is 6.85 Å². The van der Waals surface area contributed by atoms with E-state index in [1.54, 1.807) is 0 Å². The number of fused-ring (bicyclic) bond motifs is 19. The van der Waals surface area contributed by atoms with E-state index >= 15 is 0 Å². The van der Waals surface area contributed by atoms with Gasteiger partial charge in [0.15, 0.2) is 0 Å². The molecule has 5 heterocycles. The van der Waals surface area contributed by atoms with E-state index in [1.807, 2.05) is 11.3 Å². The molecule has 0 saturated heterocycles. The molecule has 7 aromatic carbocycles. The van der Waals surface area contributed by atoms with Crippen molar-refractivity contribution in [2.75, 3.05) is 4.81 Å². The van der Waals surface area contributed by atoms with Crippen molar-refractivity contribution in [2.45, 2.75) is 149 Å². The van der Waals surface area contributed by atoms with Gasteiger partial charge in [0, 0.05) is 53.4 Å². The minimum absolute atomic E-state index is 0.0179. The number of para-hydroxylation sites is 1. The Morgan fingerprint density at radius 2 is 1.18 bits per heavy atom. The van der Waals surface area contributed by atoms with E-state index in [4.69, 9.17) is 4.42 Å². The van der Waals surface area contributed by atoms with Gasteiger partial charge < -0.3 is 13.8 Å². The third kappa shape index (κ3) is 5.75. The lowest BCUT2D eigenvalue weighted by molar-refractivity contribution is 0.332. The second-order valence-corrected chi connectivity index (χ2v) is 28.3. The van der Waals surface area contributed by atoms with E-state index in [-0.39, 0.29) is 39.3 Å². The van der Waals surface area contributed by atoms with Crippen molar-refractivity contribution in [3.63, 3.8) is 0 Å². The summed E-state index contributed by atoms with van der Waals surface area (Å²) < 4.78 is 12.9. The standard InChI is InChI=1S/C67H67BN2OS/c1-62(2,3)36-20-24-39(25-21-36)70-51-34-42-40-26-22-38(64(7,8)9)31-46(40)67(14,15)47(42)32-44(51)54-55-41-18-16-17-19-52(41)71-60(55)56-43-30-37(63(4,5)6)23-27-50(43)69-58-45-33-48-49(66(12,13)29-28-65(48,10)11)35-53(45)72-61(58)68(70)57(54)59(56)69/h16-27,30-35H,28-29H2,1-15H3. The van der Waals surface area contributed by atoms with E-state index < -0.39 is 0 Å². The maximum absolute atomic E-state index is 7.40. The van der Waals surface area contributed by atoms with E-state index in [1.165, 1.54) is 144 Å². The van der Waals surface area contributed by atoms with Crippen LogP contribution in [-0.4, -0.2) is 11.4 Å². The van der Waals surface area contributed by atoms with Crippen LogP contribution in [0.3, 0.4) is 0 Å². The Bertz CT molecular complexity index is 4070. The normalized spacial score (nSPS) is 17.3. The molecule has 360 valence electrons. The molecule has 3 nitrogen and oxygen atoms in total. The summed E-state index contributed by atoms with van der Waals surface area (Å²) in [5.74, 6) is 0. The molecule has 0 radical (unpaired) electrons. The first-order valence-corrected chi connectivity index (χ1v) is 27.5. The molecular formula is C67H67BN2OS. The molecule has 4 aliphatic rings. The average molecular weight is 959 g/mol. The molecule has 0 bridgehead atoms. The molecule has 72 heavy (non-hydrogen) atoms. The molecule has 10 aromatic rings. The number of anilines is 2. The number of thiophene rings is 1. The largest absolute Gasteiger partial charge is 0.455 e. The maximum Gasteiger partial charge on any atom is 0.343 e. The molecule has 0 saturated carbocycles. The van der Waals surface area contributed by atoms with Gasteiger partial charge in [0.2, 0.25) is 0 Å². The van der Waals surface area contributed by atoms with Crippen molar-refractivity contribution in [3.8, 4) is 27.9 Å². The summed E-state index contributed by atoms with van der Waals surface area (Å²) >= 11 is 2.04. The Morgan fingerprint density at radius 1 is 0.556 bits per heavy atom. The van der Waals surface area contributed by atoms with Crippen LogP contribution in [0.25, 0.3) is 81.8 Å². The first-order chi connectivity index (χ1) is 33.8. The van der Waals surface area contributed by atoms with Crippen LogP contribution < -0.4 is 15.1 Å². The van der Waals surface area contributed by atoms with Crippen LogP contribution in [0.2, 0.25) is 0 Å². The third-order valence-electron chi connectivity index (χ3n) is 18.3. The molecule has 0 N–H and O–H groups in total. The van der Waals surface area contributed by atoms with Gasteiger partial charge in [-0.1, -0.05) is 158 Å². The molecule has 0 atom stereocenters. The fraction of sp³-hybridized carbons (Fsp3) is 0.343. The zero-order chi connectivity index (χ0) is 50.3. The van der Waals surface area contributed by atoms with Crippen LogP contribution in [0.5, 0.6) is 0 Å². The van der Waals surface area contributed by atoms with Crippen molar-refractivity contribution in [1.29, 1.82) is 0 Å². The fourth-order valence-corrected chi connectivity index (χ4v) is 15.2. The molecule has 0 amide bonds. The SMILES string of the molecule is CC(C)(C)c1ccc(N2B3c4sc5cc6c(cc5c4-n4c5ccc(C(C)(C)C)cc5c5c7oc8ccccc8c7c(c3c54)-c3cc4c(cc32)-c2ccc(C(C)(C)C)cc2C4(C)C)C(C)(C)CCC6(C)C)cc1. The summed E-state index contributed by atoms with van der Waals surface area (Å²) in [6.45, 7) is 35.7. The maximum atomic E-state index is 7.40. The molecule has 0 fully saturated rings. The van der Waals surface area contributed by atoms with E-state index in [9.17, 15) is 0 Å². The van der Waals surface area contributed by atoms with Crippen molar-refractivity contribution in [3.05, 3.63) is 148 Å². The first-order valence-electron chi connectivity index (χ1n) is 26.7. The lowest BCUT2D eigenvalue weighted by atomic mass is 9.46. The monoisotopic (exact) mass is 959 g/mol. The predicted octanol–water partition coefficient (Wildman–Crippen LogP) is 17.7. The van der Waals surface area contributed by atoms with Gasteiger partial charge in [-0.05, 0) is 156 Å². The number of rotatable bonds is 1. The molecule has 14 rings (SSSR count). The fourth-order valence-electron chi connectivity index (χ4n) is 13.9. The predicted molar refractivity (Wildman–Crippen MR) is 311 cm³/mol. The Balaban J connectivity index is 1.21. The van der Waals surface area contributed by atoms with Crippen molar-refractivity contribution in [1.82, 2.24) is 4.57 Å². The number of benzene rings is 7. The number of nitrogens with zero attached hydrogens (tertiary/aromatic N) is 2. The topological polar surface area (TPSA) is 21.3 Å². The van der Waals surface area contributed by atoms with E-state index in [0.29, 0.717) is 0 Å². The van der Waals surface area contributed by atoms with Gasteiger partial charge in [-0.2, -0.15) is 0 Å². The highest BCUT2D eigenvalue weighted by Crippen LogP contribution is 2.58. The molecule has 0 unspecified atom stereocenters. The van der Waals surface area contributed by atoms with Crippen LogP contribution in [-0.2, 0) is 32.5 Å². The summed E-state index contributed by atoms with van der Waals surface area (Å²) in [5, 5.41) is 6.27. The molecular weight excluding hydrogens is 892 g/mol. The summed E-state index contributed by atoms with van der Waals surface area (Å²) in [6.07, 6.45) is 2.36. The van der Waals surface area contributed by atoms with Gasteiger partial charge in [-0.3, -0.25) is 0 Å². The quantitative estimate of drug-likeness (QED) is 0.153. The minimum Gasteiger partial charge on any atom is -0.455 e. The lowest BCUT2D eigenvalue weighted by Gasteiger charge is -2.42. The van der Waals surface area contributed by atoms with Crippen molar-refractivity contribution in [2.24, 2.45) is 0 Å². The number of furan rings is 1. The zero-order valence-electron chi connectivity index (χ0n) is 45.1. The van der Waals surface area contributed by atoms with Crippen LogP contribution in [0.1, 0.15) is 156 Å². The average Bonchev–Trinajstić information content (AvgIpc) is 4.05. The van der Waals surface area contributed by atoms with E-state index in [2.05, 4.69) is 222 Å². The summed E-state index contributed by atoms with van der Waals surface area (Å²) in [6, 6.07) is 43.6. The van der Waals surface area contributed by atoms with E-state index in [0.717, 1.165) is 11.2 Å². The first kappa shape index (κ1) is 44.6. The Kier molecular flexibility index (Phi) is 8.54. The van der Waals surface area contributed by atoms with Crippen LogP contribution in [0.4, 0.5) is 11.4 Å². The highest BCUT2D eigenvalue weighted by Gasteiger charge is 2.50. The Morgan fingerprint density at radius 3 is 1.88 bits per heavy atom. The minimum atomic E-state index is -0.215. The van der Waals surface area contributed by atoms with Crippen molar-refractivity contribution < 1.29 is 4.42 Å². The van der Waals surface area contributed by atoms with Crippen molar-refractivity contribution >= 4 is 93.6 Å². The van der Waals surface area contributed by atoms with Crippen LogP contribution in [0, 0.1) is 0 Å². The van der Waals surface area contributed by atoms with Gasteiger partial charge in [0.25, 0.3) is 0 Å². The molecule has 2 aliphatic heterocycles. The van der Waals surface area contributed by atoms with Gasteiger partial charge in [-0.25, -0.2) is 0 Å². The molecule has 5 heteroatoms.